The van der Waals surface area contributed by atoms with Crippen LogP contribution in [0, 0.1) is 5.92 Å². The second kappa shape index (κ2) is 8.92. The zero-order valence-electron chi connectivity index (χ0n) is 12.8. The van der Waals surface area contributed by atoms with E-state index in [2.05, 4.69) is 17.6 Å². The van der Waals surface area contributed by atoms with Gasteiger partial charge in [-0.1, -0.05) is 6.92 Å². The van der Waals surface area contributed by atoms with Crippen LogP contribution < -0.4 is 10.6 Å². The van der Waals surface area contributed by atoms with Crippen molar-refractivity contribution in [3.63, 3.8) is 0 Å². The molecule has 0 saturated heterocycles. The number of nitrogens with one attached hydrogen (secondary N) is 2. The molecule has 3 amide bonds. The van der Waals surface area contributed by atoms with Gasteiger partial charge < -0.3 is 10.1 Å². The van der Waals surface area contributed by atoms with Crippen LogP contribution in [0.2, 0.25) is 0 Å². The highest BCUT2D eigenvalue weighted by Crippen LogP contribution is 2.26. The molecule has 0 aliphatic heterocycles. The van der Waals surface area contributed by atoms with Crippen LogP contribution in [-0.2, 0) is 9.53 Å². The number of hydrogen-bond acceptors (Lipinski definition) is 4. The van der Waals surface area contributed by atoms with Crippen molar-refractivity contribution in [3.05, 3.63) is 0 Å². The fourth-order valence-electron chi connectivity index (χ4n) is 2.52. The third-order valence-corrected chi connectivity index (χ3v) is 3.85. The summed E-state index contributed by atoms with van der Waals surface area (Å²) in [5.41, 5.74) is 0. The normalized spacial score (nSPS) is 22.6. The molecule has 1 fully saturated rings. The highest BCUT2D eigenvalue weighted by molar-refractivity contribution is 5.95. The van der Waals surface area contributed by atoms with Gasteiger partial charge in [0.2, 0.25) is 5.91 Å². The van der Waals surface area contributed by atoms with Crippen molar-refractivity contribution in [2.75, 3.05) is 33.9 Å². The lowest BCUT2D eigenvalue weighted by molar-refractivity contribution is -0.121. The summed E-state index contributed by atoms with van der Waals surface area (Å²) in [6.07, 6.45) is 4.69. The maximum absolute atomic E-state index is 11.8. The minimum Gasteiger partial charge on any atom is -0.383 e. The van der Waals surface area contributed by atoms with Gasteiger partial charge in [-0.25, -0.2) is 4.79 Å². The summed E-state index contributed by atoms with van der Waals surface area (Å²) < 4.78 is 4.81. The van der Waals surface area contributed by atoms with Crippen LogP contribution in [0.25, 0.3) is 0 Å². The first-order chi connectivity index (χ1) is 9.52. The quantitative estimate of drug-likeness (QED) is 0.713. The van der Waals surface area contributed by atoms with Crippen molar-refractivity contribution in [1.29, 1.82) is 0 Å². The Balaban J connectivity index is 2.22. The maximum Gasteiger partial charge on any atom is 0.321 e. The number of hydrogen-bond donors (Lipinski definition) is 2. The Bertz CT molecular complexity index is 315. The SMILES string of the molecule is COCCNC(=O)NC(=O)CN(C)C1CCC(C)CC1. The molecule has 0 bridgehead atoms. The van der Waals surface area contributed by atoms with Gasteiger partial charge in [0, 0.05) is 19.7 Å². The first-order valence-electron chi connectivity index (χ1n) is 7.29. The van der Waals surface area contributed by atoms with Crippen LogP contribution in [0.5, 0.6) is 0 Å². The van der Waals surface area contributed by atoms with Gasteiger partial charge in [-0.15, -0.1) is 0 Å². The number of methoxy groups -OCH3 is 1. The van der Waals surface area contributed by atoms with Crippen LogP contribution in [-0.4, -0.2) is 56.7 Å². The van der Waals surface area contributed by atoms with E-state index in [1.165, 1.54) is 12.8 Å². The number of rotatable bonds is 6. The first kappa shape index (κ1) is 16.9. The number of carbonyl (C=O) groups is 2. The van der Waals surface area contributed by atoms with Crippen molar-refractivity contribution >= 4 is 11.9 Å². The predicted molar refractivity (Wildman–Crippen MR) is 77.5 cm³/mol. The summed E-state index contributed by atoms with van der Waals surface area (Å²) in [4.78, 5) is 25.2. The van der Waals surface area contributed by atoms with E-state index < -0.39 is 6.03 Å². The van der Waals surface area contributed by atoms with Gasteiger partial charge in [0.25, 0.3) is 0 Å². The molecule has 0 atom stereocenters. The predicted octanol–water partition coefficient (Wildman–Crippen LogP) is 0.969. The van der Waals surface area contributed by atoms with E-state index >= 15 is 0 Å². The van der Waals surface area contributed by atoms with Gasteiger partial charge in [0.15, 0.2) is 0 Å². The Morgan fingerprint density at radius 2 is 1.90 bits per heavy atom. The smallest absolute Gasteiger partial charge is 0.321 e. The second-order valence-corrected chi connectivity index (χ2v) is 5.63. The van der Waals surface area contributed by atoms with E-state index in [1.807, 2.05) is 11.9 Å². The fraction of sp³-hybridized carbons (Fsp3) is 0.857. The van der Waals surface area contributed by atoms with Crippen LogP contribution in [0.4, 0.5) is 4.79 Å². The summed E-state index contributed by atoms with van der Waals surface area (Å²) in [6, 6.07) is -0.00813. The number of likely N-dealkylation sites (N-methyl/N-ethyl adjacent to an activating group) is 1. The summed E-state index contributed by atoms with van der Waals surface area (Å²) in [6.45, 7) is 3.36. The van der Waals surface area contributed by atoms with Crippen molar-refractivity contribution in [2.24, 2.45) is 5.92 Å². The molecular weight excluding hydrogens is 258 g/mol. The minimum atomic E-state index is -0.460. The zero-order chi connectivity index (χ0) is 15.0. The van der Waals surface area contributed by atoms with Crippen LogP contribution in [0.15, 0.2) is 0 Å². The molecule has 1 rings (SSSR count). The van der Waals surface area contributed by atoms with E-state index in [-0.39, 0.29) is 12.5 Å². The van der Waals surface area contributed by atoms with Gasteiger partial charge in [-0.2, -0.15) is 0 Å². The highest BCUT2D eigenvalue weighted by Gasteiger charge is 2.23. The van der Waals surface area contributed by atoms with E-state index in [1.54, 1.807) is 7.11 Å². The van der Waals surface area contributed by atoms with Crippen molar-refractivity contribution in [2.45, 2.75) is 38.6 Å². The molecule has 0 aromatic rings. The molecule has 6 nitrogen and oxygen atoms in total. The second-order valence-electron chi connectivity index (χ2n) is 5.63. The molecule has 2 N–H and O–H groups in total. The molecule has 0 heterocycles. The fourth-order valence-corrected chi connectivity index (χ4v) is 2.52. The lowest BCUT2D eigenvalue weighted by atomic mass is 9.87. The molecule has 1 saturated carbocycles. The monoisotopic (exact) mass is 285 g/mol. The van der Waals surface area contributed by atoms with Crippen LogP contribution >= 0.6 is 0 Å². The minimum absolute atomic E-state index is 0.261. The Hall–Kier alpha value is -1.14. The van der Waals surface area contributed by atoms with E-state index in [0.29, 0.717) is 19.2 Å². The van der Waals surface area contributed by atoms with E-state index in [0.717, 1.165) is 18.8 Å². The summed E-state index contributed by atoms with van der Waals surface area (Å²) in [5.74, 6) is 0.529. The molecule has 0 aromatic carbocycles. The summed E-state index contributed by atoms with van der Waals surface area (Å²) >= 11 is 0. The Labute approximate surface area is 121 Å². The molecule has 116 valence electrons. The van der Waals surface area contributed by atoms with Crippen LogP contribution in [0.3, 0.4) is 0 Å². The molecule has 1 aliphatic rings. The average molecular weight is 285 g/mol. The maximum atomic E-state index is 11.8. The lowest BCUT2D eigenvalue weighted by Crippen LogP contribution is -2.47. The molecular formula is C14H27N3O3. The lowest BCUT2D eigenvalue weighted by Gasteiger charge is -2.33. The third-order valence-electron chi connectivity index (χ3n) is 3.85. The van der Waals surface area contributed by atoms with E-state index in [4.69, 9.17) is 4.74 Å². The highest BCUT2D eigenvalue weighted by atomic mass is 16.5. The Morgan fingerprint density at radius 3 is 2.50 bits per heavy atom. The van der Waals surface area contributed by atoms with E-state index in [9.17, 15) is 9.59 Å². The summed E-state index contributed by atoms with van der Waals surface area (Å²) in [7, 11) is 3.51. The number of amides is 3. The number of imide groups is 1. The average Bonchev–Trinajstić information content (AvgIpc) is 2.39. The van der Waals surface area contributed by atoms with Gasteiger partial charge in [0.05, 0.1) is 13.2 Å². The zero-order valence-corrected chi connectivity index (χ0v) is 12.8. The Kier molecular flexibility index (Phi) is 7.54. The summed E-state index contributed by atoms with van der Waals surface area (Å²) in [5, 5.41) is 4.89. The number of nitrogens with zero attached hydrogens (tertiary/aromatic N) is 1. The largest absolute Gasteiger partial charge is 0.383 e. The first-order valence-corrected chi connectivity index (χ1v) is 7.29. The Morgan fingerprint density at radius 1 is 1.25 bits per heavy atom. The van der Waals surface area contributed by atoms with Gasteiger partial charge in [-0.05, 0) is 38.6 Å². The molecule has 0 radical (unpaired) electrons. The molecule has 6 heteroatoms. The number of ether oxygens (including phenoxy) is 1. The third kappa shape index (κ3) is 6.34. The standard InChI is InChI=1S/C14H27N3O3/c1-11-4-6-12(7-5-11)17(2)10-13(18)16-14(19)15-8-9-20-3/h11-12H,4-10H2,1-3H3,(H2,15,16,18,19). The van der Waals surface area contributed by atoms with Crippen LogP contribution in [0.1, 0.15) is 32.6 Å². The molecule has 0 unspecified atom stereocenters. The molecule has 1 aliphatic carbocycles. The van der Waals surface area contributed by atoms with Crippen molar-refractivity contribution in [3.8, 4) is 0 Å². The van der Waals surface area contributed by atoms with Crippen molar-refractivity contribution < 1.29 is 14.3 Å². The van der Waals surface area contributed by atoms with Gasteiger partial charge >= 0.3 is 6.03 Å². The molecule has 20 heavy (non-hydrogen) atoms. The van der Waals surface area contributed by atoms with Gasteiger partial charge in [0.1, 0.15) is 0 Å². The number of carbonyl (C=O) groups excluding carboxylic acids is 2. The number of urea groups is 1. The molecule has 0 spiro atoms. The van der Waals surface area contributed by atoms with Crippen molar-refractivity contribution in [1.82, 2.24) is 15.5 Å². The van der Waals surface area contributed by atoms with Gasteiger partial charge in [-0.3, -0.25) is 15.0 Å². The molecule has 0 aromatic heterocycles. The topological polar surface area (TPSA) is 70.7 Å².